The molecule has 0 aliphatic carbocycles. The molecule has 1 aliphatic heterocycles. The Balaban J connectivity index is 2.31. The van der Waals surface area contributed by atoms with Crippen LogP contribution in [-0.4, -0.2) is 16.5 Å². The van der Waals surface area contributed by atoms with Gasteiger partial charge in [-0.25, -0.2) is 4.79 Å². The van der Waals surface area contributed by atoms with Crippen molar-refractivity contribution >= 4 is 5.97 Å². The highest BCUT2D eigenvalue weighted by Crippen LogP contribution is 2.33. The molecule has 1 heterocycles. The van der Waals surface area contributed by atoms with Gasteiger partial charge in [0.1, 0.15) is 5.60 Å². The fraction of sp³-hybridized carbons (Fsp3) is 0.450. The molecule has 0 spiro atoms. The van der Waals surface area contributed by atoms with E-state index in [0.29, 0.717) is 0 Å². The highest BCUT2D eigenvalue weighted by Gasteiger charge is 2.30. The van der Waals surface area contributed by atoms with Crippen LogP contribution in [0.15, 0.2) is 53.4 Å². The van der Waals surface area contributed by atoms with E-state index < -0.39 is 5.60 Å². The van der Waals surface area contributed by atoms with Crippen molar-refractivity contribution in [3.05, 3.63) is 58.9 Å². The Hall–Kier alpha value is -2.03. The first kappa shape index (κ1) is 17.3. The average molecular weight is 313 g/mol. The largest absolute Gasteiger partial charge is 0.457 e. The van der Waals surface area contributed by atoms with Gasteiger partial charge >= 0.3 is 5.97 Å². The van der Waals surface area contributed by atoms with E-state index >= 15 is 0 Å². The van der Waals surface area contributed by atoms with E-state index in [0.717, 1.165) is 17.8 Å². The van der Waals surface area contributed by atoms with Gasteiger partial charge in [-0.2, -0.15) is 0 Å². The molecule has 0 aromatic heterocycles. The summed E-state index contributed by atoms with van der Waals surface area (Å²) in [6.45, 7) is 12.6. The lowest BCUT2D eigenvalue weighted by Gasteiger charge is -2.33. The third-order valence-electron chi connectivity index (χ3n) is 4.11. The zero-order valence-corrected chi connectivity index (χ0v) is 15.0. The van der Waals surface area contributed by atoms with Gasteiger partial charge in [0.15, 0.2) is 0 Å². The van der Waals surface area contributed by atoms with E-state index in [4.69, 9.17) is 4.74 Å². The summed E-state index contributed by atoms with van der Waals surface area (Å²) < 4.78 is 5.61. The average Bonchev–Trinajstić information content (AvgIpc) is 2.44. The van der Waals surface area contributed by atoms with Gasteiger partial charge in [0, 0.05) is 24.4 Å². The number of benzene rings is 1. The Bertz CT molecular complexity index is 635. The van der Waals surface area contributed by atoms with Crippen LogP contribution in [0, 0.1) is 5.92 Å². The lowest BCUT2D eigenvalue weighted by atomic mass is 9.89. The molecular weight excluding hydrogens is 286 g/mol. The highest BCUT2D eigenvalue weighted by atomic mass is 16.6. The van der Waals surface area contributed by atoms with E-state index in [9.17, 15) is 4.79 Å². The summed E-state index contributed by atoms with van der Waals surface area (Å²) in [5.74, 6) is -0.134. The van der Waals surface area contributed by atoms with Gasteiger partial charge in [0.05, 0.1) is 5.57 Å². The van der Waals surface area contributed by atoms with Gasteiger partial charge in [0.25, 0.3) is 0 Å². The fourth-order valence-corrected chi connectivity index (χ4v) is 2.75. The molecule has 1 atom stereocenters. The van der Waals surface area contributed by atoms with Crippen LogP contribution in [0.25, 0.3) is 0 Å². The van der Waals surface area contributed by atoms with Crippen LogP contribution in [0.2, 0.25) is 0 Å². The molecule has 1 aliphatic rings. The maximum absolute atomic E-state index is 12.6. The van der Waals surface area contributed by atoms with Gasteiger partial charge in [-0.3, -0.25) is 0 Å². The van der Waals surface area contributed by atoms with Crippen LogP contribution in [-0.2, 0) is 16.1 Å². The molecular formula is C20H27NO2. The molecule has 3 nitrogen and oxygen atoms in total. The fourth-order valence-electron chi connectivity index (χ4n) is 2.75. The normalized spacial score (nSPS) is 18.8. The first-order chi connectivity index (χ1) is 10.7. The summed E-state index contributed by atoms with van der Waals surface area (Å²) in [6.07, 6.45) is 2.14. The van der Waals surface area contributed by atoms with Gasteiger partial charge < -0.3 is 9.64 Å². The Morgan fingerprint density at radius 1 is 1.17 bits per heavy atom. The summed E-state index contributed by atoms with van der Waals surface area (Å²) in [5.41, 5.74) is 3.64. The SMILES string of the molecule is CC1=CN(Cc2ccccc2)C(C)=C(C(=O)OC(C)(C)C)C1C. The molecule has 1 aromatic carbocycles. The van der Waals surface area contributed by atoms with Crippen molar-refractivity contribution in [3.63, 3.8) is 0 Å². The zero-order chi connectivity index (χ0) is 17.2. The number of hydrogen-bond acceptors (Lipinski definition) is 3. The first-order valence-corrected chi connectivity index (χ1v) is 8.12. The molecule has 124 valence electrons. The topological polar surface area (TPSA) is 29.5 Å². The highest BCUT2D eigenvalue weighted by molar-refractivity contribution is 5.91. The molecule has 3 heteroatoms. The number of esters is 1. The predicted molar refractivity (Wildman–Crippen MR) is 93.5 cm³/mol. The maximum atomic E-state index is 12.6. The minimum atomic E-state index is -0.483. The first-order valence-electron chi connectivity index (χ1n) is 8.12. The maximum Gasteiger partial charge on any atom is 0.336 e. The van der Waals surface area contributed by atoms with Gasteiger partial charge in [0.2, 0.25) is 0 Å². The Labute approximate surface area is 139 Å². The quantitative estimate of drug-likeness (QED) is 0.760. The van der Waals surface area contributed by atoms with Crippen LogP contribution in [0.1, 0.15) is 47.1 Å². The predicted octanol–water partition coefficient (Wildman–Crippen LogP) is 4.66. The molecule has 0 bridgehead atoms. The second-order valence-electron chi connectivity index (χ2n) is 7.21. The Morgan fingerprint density at radius 3 is 2.35 bits per heavy atom. The third kappa shape index (κ3) is 4.25. The number of ether oxygens (including phenoxy) is 1. The summed E-state index contributed by atoms with van der Waals surface area (Å²) in [5, 5.41) is 0. The molecule has 0 radical (unpaired) electrons. The number of carbonyl (C=O) groups is 1. The van der Waals surface area contributed by atoms with E-state index in [1.54, 1.807) is 0 Å². The molecule has 2 rings (SSSR count). The molecule has 0 amide bonds. The van der Waals surface area contributed by atoms with Crippen LogP contribution in [0.3, 0.4) is 0 Å². The lowest BCUT2D eigenvalue weighted by Crippen LogP contribution is -2.32. The zero-order valence-electron chi connectivity index (χ0n) is 15.0. The summed E-state index contributed by atoms with van der Waals surface area (Å²) >= 11 is 0. The van der Waals surface area contributed by atoms with E-state index in [2.05, 4.69) is 37.1 Å². The third-order valence-corrected chi connectivity index (χ3v) is 4.11. The number of hydrogen-bond donors (Lipinski definition) is 0. The number of carbonyl (C=O) groups excluding carboxylic acids is 1. The molecule has 1 aromatic rings. The minimum absolute atomic E-state index is 0.0804. The minimum Gasteiger partial charge on any atom is -0.457 e. The monoisotopic (exact) mass is 313 g/mol. The van der Waals surface area contributed by atoms with Crippen molar-refractivity contribution in [1.29, 1.82) is 0 Å². The van der Waals surface area contributed by atoms with Gasteiger partial charge in [-0.05, 0) is 45.8 Å². The van der Waals surface area contributed by atoms with Crippen LogP contribution in [0.4, 0.5) is 0 Å². The molecule has 23 heavy (non-hydrogen) atoms. The van der Waals surface area contributed by atoms with Gasteiger partial charge in [-0.15, -0.1) is 0 Å². The number of nitrogens with zero attached hydrogens (tertiary/aromatic N) is 1. The molecule has 1 unspecified atom stereocenters. The van der Waals surface area contributed by atoms with E-state index in [1.165, 1.54) is 11.1 Å². The number of rotatable bonds is 3. The lowest BCUT2D eigenvalue weighted by molar-refractivity contribution is -0.150. The molecule has 0 N–H and O–H groups in total. The van der Waals surface area contributed by atoms with Gasteiger partial charge in [-0.1, -0.05) is 37.3 Å². The van der Waals surface area contributed by atoms with Crippen LogP contribution >= 0.6 is 0 Å². The van der Waals surface area contributed by atoms with Crippen LogP contribution in [0.5, 0.6) is 0 Å². The Kier molecular flexibility index (Phi) is 4.98. The number of allylic oxidation sites excluding steroid dienone is 2. The summed E-state index contributed by atoms with van der Waals surface area (Å²) in [6, 6.07) is 10.3. The van der Waals surface area contributed by atoms with Crippen molar-refractivity contribution in [3.8, 4) is 0 Å². The van der Waals surface area contributed by atoms with Crippen molar-refractivity contribution < 1.29 is 9.53 Å². The van der Waals surface area contributed by atoms with E-state index in [-0.39, 0.29) is 11.9 Å². The standard InChI is InChI=1S/C20H27NO2/c1-14-12-21(13-17-10-8-7-9-11-17)16(3)18(15(14)2)19(22)23-20(4,5)6/h7-12,15H,13H2,1-6H3. The Morgan fingerprint density at radius 2 is 1.78 bits per heavy atom. The molecule has 0 saturated heterocycles. The second-order valence-corrected chi connectivity index (χ2v) is 7.21. The molecule has 0 fully saturated rings. The smallest absolute Gasteiger partial charge is 0.336 e. The van der Waals surface area contributed by atoms with Crippen LogP contribution < -0.4 is 0 Å². The molecule has 0 saturated carbocycles. The summed E-state index contributed by atoms with van der Waals surface area (Å²) in [4.78, 5) is 14.8. The van der Waals surface area contributed by atoms with Crippen molar-refractivity contribution in [2.45, 2.75) is 53.7 Å². The van der Waals surface area contributed by atoms with Crippen molar-refractivity contribution in [1.82, 2.24) is 4.90 Å². The van der Waals surface area contributed by atoms with E-state index in [1.807, 2.05) is 45.9 Å². The second kappa shape index (κ2) is 6.61. The summed E-state index contributed by atoms with van der Waals surface area (Å²) in [7, 11) is 0. The van der Waals surface area contributed by atoms with Crippen molar-refractivity contribution in [2.24, 2.45) is 5.92 Å². The van der Waals surface area contributed by atoms with Crippen molar-refractivity contribution in [2.75, 3.05) is 0 Å².